The molecular formula is C14H29N5. The van der Waals surface area contributed by atoms with Crippen molar-refractivity contribution in [2.45, 2.75) is 32.9 Å². The number of guanidine groups is 1. The molecule has 3 fully saturated rings. The van der Waals surface area contributed by atoms with Crippen molar-refractivity contribution in [3.63, 3.8) is 0 Å². The molecule has 0 aromatic carbocycles. The van der Waals surface area contributed by atoms with Gasteiger partial charge in [-0.15, -0.1) is 0 Å². The molecule has 0 saturated carbocycles. The van der Waals surface area contributed by atoms with Crippen molar-refractivity contribution < 1.29 is 0 Å². The predicted octanol–water partition coefficient (Wildman–Crippen LogP) is 0.196. The van der Waals surface area contributed by atoms with Crippen LogP contribution < -0.4 is 10.6 Å². The fourth-order valence-electron chi connectivity index (χ4n) is 2.71. The van der Waals surface area contributed by atoms with E-state index in [2.05, 4.69) is 46.2 Å². The van der Waals surface area contributed by atoms with Crippen molar-refractivity contribution in [3.8, 4) is 0 Å². The molecular weight excluding hydrogens is 238 g/mol. The smallest absolute Gasteiger partial charge is 0.191 e. The Morgan fingerprint density at radius 3 is 2.37 bits per heavy atom. The fourth-order valence-corrected chi connectivity index (χ4v) is 2.71. The summed E-state index contributed by atoms with van der Waals surface area (Å²) in [6.45, 7) is 13.8. The minimum absolute atomic E-state index is 0.443. The lowest BCUT2D eigenvalue weighted by Crippen LogP contribution is -2.64. The zero-order valence-electron chi connectivity index (χ0n) is 12.8. The topological polar surface area (TPSA) is 42.9 Å². The van der Waals surface area contributed by atoms with Gasteiger partial charge in [-0.2, -0.15) is 0 Å². The number of aliphatic imine (C=N–C) groups is 1. The molecule has 2 unspecified atom stereocenters. The van der Waals surface area contributed by atoms with Crippen LogP contribution in [0.1, 0.15) is 20.8 Å². The number of hydrogen-bond acceptors (Lipinski definition) is 3. The zero-order valence-corrected chi connectivity index (χ0v) is 12.8. The molecule has 110 valence electrons. The van der Waals surface area contributed by atoms with E-state index in [4.69, 9.17) is 0 Å². The third-order valence-corrected chi connectivity index (χ3v) is 4.49. The highest BCUT2D eigenvalue weighted by Gasteiger charge is 2.31. The van der Waals surface area contributed by atoms with Crippen molar-refractivity contribution in [1.29, 1.82) is 0 Å². The largest absolute Gasteiger partial charge is 0.355 e. The van der Waals surface area contributed by atoms with Gasteiger partial charge in [-0.1, -0.05) is 13.8 Å². The number of rotatable bonds is 4. The summed E-state index contributed by atoms with van der Waals surface area (Å²) in [4.78, 5) is 9.49. The molecule has 0 aliphatic carbocycles. The summed E-state index contributed by atoms with van der Waals surface area (Å²) >= 11 is 0. The van der Waals surface area contributed by atoms with Gasteiger partial charge in [0, 0.05) is 58.4 Å². The van der Waals surface area contributed by atoms with Crippen molar-refractivity contribution in [1.82, 2.24) is 20.4 Å². The van der Waals surface area contributed by atoms with E-state index >= 15 is 0 Å². The maximum Gasteiger partial charge on any atom is 0.191 e. The Labute approximate surface area is 117 Å². The second-order valence-electron chi connectivity index (χ2n) is 6.12. The first-order valence-corrected chi connectivity index (χ1v) is 7.53. The Morgan fingerprint density at radius 1 is 1.21 bits per heavy atom. The second-order valence-corrected chi connectivity index (χ2v) is 6.12. The van der Waals surface area contributed by atoms with Crippen LogP contribution in [0.5, 0.6) is 0 Å². The van der Waals surface area contributed by atoms with Crippen LogP contribution in [-0.4, -0.2) is 74.2 Å². The van der Waals surface area contributed by atoms with Crippen LogP contribution in [0.15, 0.2) is 4.99 Å². The third-order valence-electron chi connectivity index (χ3n) is 4.49. The lowest BCUT2D eigenvalue weighted by Gasteiger charge is -2.47. The van der Waals surface area contributed by atoms with Crippen LogP contribution in [-0.2, 0) is 0 Å². The monoisotopic (exact) mass is 267 g/mol. The molecule has 3 aliphatic rings. The highest BCUT2D eigenvalue weighted by molar-refractivity contribution is 5.79. The number of piperazine rings is 3. The quantitative estimate of drug-likeness (QED) is 0.564. The van der Waals surface area contributed by atoms with Crippen molar-refractivity contribution in [3.05, 3.63) is 0 Å². The van der Waals surface area contributed by atoms with Crippen LogP contribution in [0.4, 0.5) is 0 Å². The zero-order chi connectivity index (χ0) is 13.8. The van der Waals surface area contributed by atoms with Gasteiger partial charge in [-0.25, -0.2) is 0 Å². The molecule has 0 aromatic heterocycles. The van der Waals surface area contributed by atoms with E-state index in [1.807, 2.05) is 7.05 Å². The molecule has 2 atom stereocenters. The highest BCUT2D eigenvalue weighted by Crippen LogP contribution is 2.14. The molecule has 3 aliphatic heterocycles. The summed E-state index contributed by atoms with van der Waals surface area (Å²) < 4.78 is 0. The van der Waals surface area contributed by atoms with Crippen LogP contribution in [0.25, 0.3) is 0 Å². The van der Waals surface area contributed by atoms with E-state index in [9.17, 15) is 0 Å². The molecule has 19 heavy (non-hydrogen) atoms. The molecule has 2 bridgehead atoms. The lowest BCUT2D eigenvalue weighted by molar-refractivity contribution is 0.0154. The SMILES string of the molecule is CN=C(NCC1CN2CCN1CC2)NC(C)C(C)C. The molecule has 0 aromatic rings. The maximum absolute atomic E-state index is 4.32. The molecule has 2 N–H and O–H groups in total. The molecule has 5 heteroatoms. The van der Waals surface area contributed by atoms with Gasteiger partial charge in [-0.3, -0.25) is 14.8 Å². The number of fused-ring (bicyclic) bond motifs is 3. The minimum Gasteiger partial charge on any atom is -0.355 e. The van der Waals surface area contributed by atoms with Crippen LogP contribution >= 0.6 is 0 Å². The average Bonchev–Trinajstić information content (AvgIpc) is 2.44. The van der Waals surface area contributed by atoms with Gasteiger partial charge < -0.3 is 10.6 Å². The minimum atomic E-state index is 0.443. The van der Waals surface area contributed by atoms with Gasteiger partial charge in [0.05, 0.1) is 0 Å². The van der Waals surface area contributed by atoms with Crippen LogP contribution in [0.2, 0.25) is 0 Å². The molecule has 3 rings (SSSR count). The van der Waals surface area contributed by atoms with Crippen LogP contribution in [0, 0.1) is 5.92 Å². The second kappa shape index (κ2) is 6.57. The first-order valence-electron chi connectivity index (χ1n) is 7.53. The standard InChI is InChI=1S/C14H29N5/c1-11(2)12(3)17-14(15-4)16-9-13-10-18-5-7-19(13)8-6-18/h11-13H,5-10H2,1-4H3,(H2,15,16,17). The number of hydrogen-bond donors (Lipinski definition) is 2. The number of nitrogens with zero attached hydrogens (tertiary/aromatic N) is 3. The Morgan fingerprint density at radius 2 is 1.89 bits per heavy atom. The van der Waals surface area contributed by atoms with E-state index in [1.165, 1.54) is 32.7 Å². The summed E-state index contributed by atoms with van der Waals surface area (Å²) in [5, 5.41) is 6.94. The van der Waals surface area contributed by atoms with E-state index in [1.54, 1.807) is 0 Å². The molecule has 3 heterocycles. The normalized spacial score (nSPS) is 32.5. The van der Waals surface area contributed by atoms with E-state index < -0.39 is 0 Å². The van der Waals surface area contributed by atoms with E-state index in [0.29, 0.717) is 18.0 Å². The van der Waals surface area contributed by atoms with Crippen molar-refractivity contribution >= 4 is 5.96 Å². The first-order chi connectivity index (χ1) is 9.10. The predicted molar refractivity (Wildman–Crippen MR) is 80.6 cm³/mol. The van der Waals surface area contributed by atoms with E-state index in [0.717, 1.165) is 12.5 Å². The maximum atomic E-state index is 4.32. The molecule has 0 radical (unpaired) electrons. The van der Waals surface area contributed by atoms with Gasteiger partial charge in [-0.05, 0) is 12.8 Å². The van der Waals surface area contributed by atoms with Gasteiger partial charge in [0.15, 0.2) is 5.96 Å². The molecule has 0 spiro atoms. The van der Waals surface area contributed by atoms with Gasteiger partial charge in [0.2, 0.25) is 0 Å². The van der Waals surface area contributed by atoms with Crippen molar-refractivity contribution in [2.75, 3.05) is 46.3 Å². The van der Waals surface area contributed by atoms with Crippen LogP contribution in [0.3, 0.4) is 0 Å². The summed E-state index contributed by atoms with van der Waals surface area (Å²) in [6, 6.07) is 1.08. The summed E-state index contributed by atoms with van der Waals surface area (Å²) in [5.74, 6) is 1.54. The Hall–Kier alpha value is -0.810. The summed E-state index contributed by atoms with van der Waals surface area (Å²) in [5.41, 5.74) is 0. The van der Waals surface area contributed by atoms with E-state index in [-0.39, 0.29) is 0 Å². The molecule has 3 saturated heterocycles. The highest BCUT2D eigenvalue weighted by atomic mass is 15.4. The molecule has 5 nitrogen and oxygen atoms in total. The summed E-state index contributed by atoms with van der Waals surface area (Å²) in [7, 11) is 1.85. The summed E-state index contributed by atoms with van der Waals surface area (Å²) in [6.07, 6.45) is 0. The average molecular weight is 267 g/mol. The Kier molecular flexibility index (Phi) is 5.05. The third kappa shape index (κ3) is 3.83. The fraction of sp³-hybridized carbons (Fsp3) is 0.929. The van der Waals surface area contributed by atoms with Gasteiger partial charge >= 0.3 is 0 Å². The lowest BCUT2D eigenvalue weighted by atomic mass is 10.1. The Bertz CT molecular complexity index is 307. The molecule has 0 amide bonds. The van der Waals surface area contributed by atoms with Gasteiger partial charge in [0.25, 0.3) is 0 Å². The Balaban J connectivity index is 1.77. The van der Waals surface area contributed by atoms with Crippen molar-refractivity contribution in [2.24, 2.45) is 10.9 Å². The van der Waals surface area contributed by atoms with Gasteiger partial charge in [0.1, 0.15) is 0 Å². The first kappa shape index (κ1) is 14.6. The number of nitrogens with one attached hydrogen (secondary N) is 2.